The van der Waals surface area contributed by atoms with Crippen molar-refractivity contribution in [3.05, 3.63) is 77.9 Å². The van der Waals surface area contributed by atoms with E-state index < -0.39 is 26.7 Å². The highest BCUT2D eigenvalue weighted by atomic mass is 32.2. The molecule has 0 aliphatic rings. The van der Waals surface area contributed by atoms with Crippen molar-refractivity contribution in [2.75, 3.05) is 11.8 Å². The number of hydrogen-bond acceptors (Lipinski definition) is 7. The third-order valence-corrected chi connectivity index (χ3v) is 7.04. The molecule has 0 bridgehead atoms. The van der Waals surface area contributed by atoms with Crippen LogP contribution in [0.1, 0.15) is 15.9 Å². The fourth-order valence-corrected chi connectivity index (χ4v) is 5.38. The van der Waals surface area contributed by atoms with Crippen LogP contribution in [-0.4, -0.2) is 40.1 Å². The Morgan fingerprint density at radius 3 is 2.48 bits per heavy atom. The molecule has 4 aromatic rings. The monoisotopic (exact) mass is 485 g/mol. The number of fused-ring (bicyclic) bond motifs is 1. The Labute approximate surface area is 191 Å². The summed E-state index contributed by atoms with van der Waals surface area (Å²) in [6.45, 7) is 0. The fraction of sp³-hybridized carbons (Fsp3) is 0.0909. The number of carbonyl (C=O) groups excluding carboxylic acids is 1. The van der Waals surface area contributed by atoms with Crippen LogP contribution in [0.3, 0.4) is 0 Å². The molecule has 2 N–H and O–H groups in total. The minimum atomic E-state index is -4.04. The maximum atomic E-state index is 13.0. The number of benzene rings is 3. The molecular weight excluding hydrogens is 466 g/mol. The van der Waals surface area contributed by atoms with Crippen LogP contribution in [0, 0.1) is 0 Å². The van der Waals surface area contributed by atoms with Gasteiger partial charge in [0.2, 0.25) is 0 Å². The average molecular weight is 486 g/mol. The van der Waals surface area contributed by atoms with Crippen LogP contribution in [0.4, 0.5) is 5.69 Å². The number of rotatable bonds is 7. The molecule has 0 saturated carbocycles. The van der Waals surface area contributed by atoms with Gasteiger partial charge in [-0.15, -0.1) is 0 Å². The molecule has 4 rings (SSSR count). The van der Waals surface area contributed by atoms with Crippen LogP contribution in [0.25, 0.3) is 22.2 Å². The lowest BCUT2D eigenvalue weighted by Crippen LogP contribution is -2.15. The predicted molar refractivity (Wildman–Crippen MR) is 124 cm³/mol. The summed E-state index contributed by atoms with van der Waals surface area (Å²) >= 11 is 0. The molecule has 0 amide bonds. The van der Waals surface area contributed by atoms with Crippen molar-refractivity contribution in [1.29, 1.82) is 0 Å². The molecular formula is C22H19N3O6S2. The van der Waals surface area contributed by atoms with Gasteiger partial charge in [-0.1, -0.05) is 30.3 Å². The minimum Gasteiger partial charge on any atom is -0.465 e. The van der Waals surface area contributed by atoms with E-state index in [1.807, 2.05) is 0 Å². The summed E-state index contributed by atoms with van der Waals surface area (Å²) < 4.78 is 55.5. The Bertz CT molecular complexity index is 1520. The molecule has 9 nitrogen and oxygen atoms in total. The quantitative estimate of drug-likeness (QED) is 0.270. The number of H-pyrrole nitrogens is 1. The van der Waals surface area contributed by atoms with Gasteiger partial charge >= 0.3 is 5.97 Å². The first-order valence-corrected chi connectivity index (χ1v) is 12.5. The van der Waals surface area contributed by atoms with E-state index in [-0.39, 0.29) is 21.9 Å². The molecule has 1 heterocycles. The molecule has 3 aromatic carbocycles. The molecule has 0 spiro atoms. The number of thiol groups is 1. The minimum absolute atomic E-state index is 0.102. The van der Waals surface area contributed by atoms with Crippen LogP contribution in [0.2, 0.25) is 0 Å². The van der Waals surface area contributed by atoms with E-state index in [1.165, 1.54) is 25.3 Å². The van der Waals surface area contributed by atoms with Crippen molar-refractivity contribution in [3.8, 4) is 11.3 Å². The number of methoxy groups -OCH3 is 1. The third-order valence-electron chi connectivity index (χ3n) is 4.96. The molecule has 0 aliphatic carbocycles. The van der Waals surface area contributed by atoms with E-state index in [1.54, 1.807) is 48.5 Å². The van der Waals surface area contributed by atoms with E-state index in [0.29, 0.717) is 22.2 Å². The molecule has 33 heavy (non-hydrogen) atoms. The maximum Gasteiger partial charge on any atom is 0.337 e. The second-order valence-electron chi connectivity index (χ2n) is 7.11. The molecule has 0 fully saturated rings. The van der Waals surface area contributed by atoms with Crippen LogP contribution < -0.4 is 4.72 Å². The predicted octanol–water partition coefficient (Wildman–Crippen LogP) is 2.93. The summed E-state index contributed by atoms with van der Waals surface area (Å²) in [5.41, 5.74) is 2.86. The van der Waals surface area contributed by atoms with Gasteiger partial charge in [-0.05, 0) is 42.0 Å². The van der Waals surface area contributed by atoms with Crippen molar-refractivity contribution in [3.63, 3.8) is 0 Å². The van der Waals surface area contributed by atoms with Gasteiger partial charge < -0.3 is 4.74 Å². The van der Waals surface area contributed by atoms with Gasteiger partial charge in [-0.25, -0.2) is 21.6 Å². The summed E-state index contributed by atoms with van der Waals surface area (Å²) in [5, 5.41) is 7.88. The summed E-state index contributed by atoms with van der Waals surface area (Å²) in [6.07, 6.45) is 0. The standard InChI is InChI=1S/C22H19N3O6S2/c1-31-22(26)15-8-6-14(7-9-15)21-18-12-17(10-11-19(18)23-24-21)25-33(29,30)20-5-3-2-4-16(20)13-32(27)28/h2-12,25,32H,13H2,1H3,(H,23,24). The smallest absolute Gasteiger partial charge is 0.337 e. The summed E-state index contributed by atoms with van der Waals surface area (Å²) in [7, 11) is -5.52. The summed E-state index contributed by atoms with van der Waals surface area (Å²) in [6, 6.07) is 17.5. The number of nitrogens with zero attached hydrogens (tertiary/aromatic N) is 1. The number of sulfonamides is 1. The molecule has 0 atom stereocenters. The lowest BCUT2D eigenvalue weighted by molar-refractivity contribution is 0.0600. The summed E-state index contributed by atoms with van der Waals surface area (Å²) in [5.74, 6) is -0.828. The van der Waals surface area contributed by atoms with Crippen LogP contribution in [0.15, 0.2) is 71.6 Å². The lowest BCUT2D eigenvalue weighted by Gasteiger charge is -2.11. The van der Waals surface area contributed by atoms with Gasteiger partial charge in [0.1, 0.15) is 10.7 Å². The molecule has 0 radical (unpaired) electrons. The SMILES string of the molecule is COC(=O)c1ccc(-c2n[nH]c3ccc(NS(=O)(=O)c4ccccc4C[SH](=O)=O)cc23)cc1. The maximum absolute atomic E-state index is 13.0. The van der Waals surface area contributed by atoms with Crippen molar-refractivity contribution in [2.24, 2.45) is 0 Å². The molecule has 170 valence electrons. The Kier molecular flexibility index (Phi) is 6.16. The molecule has 0 unspecified atom stereocenters. The Morgan fingerprint density at radius 2 is 1.79 bits per heavy atom. The second kappa shape index (κ2) is 9.04. The van der Waals surface area contributed by atoms with Crippen molar-refractivity contribution in [2.45, 2.75) is 10.6 Å². The van der Waals surface area contributed by atoms with Gasteiger partial charge in [0, 0.05) is 16.6 Å². The zero-order valence-corrected chi connectivity index (χ0v) is 19.0. The Hall–Kier alpha value is -3.70. The van der Waals surface area contributed by atoms with Crippen molar-refractivity contribution in [1.82, 2.24) is 10.2 Å². The number of anilines is 1. The highest BCUT2D eigenvalue weighted by Crippen LogP contribution is 2.30. The lowest BCUT2D eigenvalue weighted by atomic mass is 10.1. The normalized spacial score (nSPS) is 11.6. The van der Waals surface area contributed by atoms with E-state index in [4.69, 9.17) is 4.74 Å². The molecule has 0 saturated heterocycles. The van der Waals surface area contributed by atoms with Gasteiger partial charge in [0.05, 0.1) is 34.5 Å². The average Bonchev–Trinajstić information content (AvgIpc) is 3.21. The van der Waals surface area contributed by atoms with E-state index in [9.17, 15) is 21.6 Å². The van der Waals surface area contributed by atoms with Gasteiger partial charge in [-0.2, -0.15) is 5.10 Å². The van der Waals surface area contributed by atoms with Crippen molar-refractivity contribution < 1.29 is 26.4 Å². The molecule has 1 aromatic heterocycles. The van der Waals surface area contributed by atoms with Gasteiger partial charge in [0.25, 0.3) is 10.0 Å². The van der Waals surface area contributed by atoms with Gasteiger partial charge in [0.15, 0.2) is 0 Å². The number of ether oxygens (including phenoxy) is 1. The Balaban J connectivity index is 1.69. The molecule has 0 aliphatic heterocycles. The molecule has 11 heteroatoms. The van der Waals surface area contributed by atoms with Crippen molar-refractivity contribution >= 4 is 43.3 Å². The van der Waals surface area contributed by atoms with E-state index in [2.05, 4.69) is 14.9 Å². The van der Waals surface area contributed by atoms with Crippen LogP contribution in [0.5, 0.6) is 0 Å². The zero-order valence-electron chi connectivity index (χ0n) is 17.3. The first-order valence-electron chi connectivity index (χ1n) is 9.68. The first-order chi connectivity index (χ1) is 15.8. The number of aromatic nitrogens is 2. The van der Waals surface area contributed by atoms with E-state index in [0.717, 1.165) is 5.56 Å². The second-order valence-corrected chi connectivity index (χ2v) is 9.74. The van der Waals surface area contributed by atoms with Crippen LogP contribution >= 0.6 is 0 Å². The van der Waals surface area contributed by atoms with Gasteiger partial charge in [-0.3, -0.25) is 9.82 Å². The number of aromatic amines is 1. The van der Waals surface area contributed by atoms with Crippen LogP contribution in [-0.2, 0) is 31.2 Å². The Morgan fingerprint density at radius 1 is 1.06 bits per heavy atom. The van der Waals surface area contributed by atoms with E-state index >= 15 is 0 Å². The first kappa shape index (κ1) is 22.5. The number of carbonyl (C=O) groups is 1. The largest absolute Gasteiger partial charge is 0.465 e. The third kappa shape index (κ3) is 4.73. The zero-order chi connectivity index (χ0) is 23.6. The highest BCUT2D eigenvalue weighted by Gasteiger charge is 2.19. The highest BCUT2D eigenvalue weighted by molar-refractivity contribution is 7.92. The number of esters is 1. The topological polar surface area (TPSA) is 135 Å². The number of hydrogen-bond donors (Lipinski definition) is 3. The number of nitrogens with one attached hydrogen (secondary N) is 2. The fourth-order valence-electron chi connectivity index (χ4n) is 3.43. The summed E-state index contributed by atoms with van der Waals surface area (Å²) in [4.78, 5) is 11.6.